The van der Waals surface area contributed by atoms with Crippen LogP contribution in [0.3, 0.4) is 0 Å². The molecule has 100 valence electrons. The second-order valence-electron chi connectivity index (χ2n) is 4.48. The smallest absolute Gasteiger partial charge is 0.222 e. The van der Waals surface area contributed by atoms with Crippen LogP contribution in [0.5, 0.6) is 5.75 Å². The van der Waals surface area contributed by atoms with Crippen LogP contribution in [0.4, 0.5) is 0 Å². The lowest BCUT2D eigenvalue weighted by molar-refractivity contribution is -0.121. The van der Waals surface area contributed by atoms with Crippen LogP contribution in [0.1, 0.15) is 37.3 Å². The summed E-state index contributed by atoms with van der Waals surface area (Å²) in [6, 6.07) is 6.01. The van der Waals surface area contributed by atoms with Gasteiger partial charge >= 0.3 is 0 Å². The van der Waals surface area contributed by atoms with Gasteiger partial charge in [-0.25, -0.2) is 0 Å². The summed E-state index contributed by atoms with van der Waals surface area (Å²) in [5, 5.41) is 11.4. The minimum absolute atomic E-state index is 0.130. The average molecular weight is 251 g/mol. The van der Waals surface area contributed by atoms with Crippen molar-refractivity contribution < 1.29 is 14.6 Å². The Bertz CT molecular complexity index is 402. The second-order valence-corrected chi connectivity index (χ2v) is 4.48. The van der Waals surface area contributed by atoms with E-state index in [0.29, 0.717) is 12.5 Å². The number of methoxy groups -OCH3 is 1. The molecule has 0 aliphatic rings. The molecule has 2 N–H and O–H groups in total. The van der Waals surface area contributed by atoms with Crippen molar-refractivity contribution in [2.45, 2.75) is 32.7 Å². The number of hydrogen-bond acceptors (Lipinski definition) is 3. The van der Waals surface area contributed by atoms with Crippen molar-refractivity contribution in [1.82, 2.24) is 5.32 Å². The zero-order valence-electron chi connectivity index (χ0n) is 11.2. The maximum Gasteiger partial charge on any atom is 0.222 e. The summed E-state index contributed by atoms with van der Waals surface area (Å²) in [6.07, 6.45) is 0.131. The fourth-order valence-electron chi connectivity index (χ4n) is 1.65. The molecule has 4 nitrogen and oxygen atoms in total. The van der Waals surface area contributed by atoms with Crippen LogP contribution in [0.2, 0.25) is 0 Å². The first-order chi connectivity index (χ1) is 8.58. The van der Waals surface area contributed by atoms with Crippen LogP contribution in [0.25, 0.3) is 0 Å². The summed E-state index contributed by atoms with van der Waals surface area (Å²) in [6.45, 7) is 4.53. The zero-order valence-corrected chi connectivity index (χ0v) is 11.2. The quantitative estimate of drug-likeness (QED) is 0.810. The molecule has 0 heterocycles. The number of aliphatic hydroxyl groups is 1. The predicted molar refractivity (Wildman–Crippen MR) is 70.6 cm³/mol. The molecule has 0 radical (unpaired) electrons. The highest BCUT2D eigenvalue weighted by Gasteiger charge is 2.08. The number of nitrogens with one attached hydrogen (secondary N) is 1. The van der Waals surface area contributed by atoms with Gasteiger partial charge in [-0.3, -0.25) is 4.79 Å². The van der Waals surface area contributed by atoms with Crippen molar-refractivity contribution in [3.8, 4) is 5.75 Å². The molecule has 0 aromatic heterocycles. The maximum atomic E-state index is 11.3. The summed E-state index contributed by atoms with van der Waals surface area (Å²) in [7, 11) is 1.62. The van der Waals surface area contributed by atoms with E-state index in [4.69, 9.17) is 9.84 Å². The molecular weight excluding hydrogens is 230 g/mol. The van der Waals surface area contributed by atoms with Gasteiger partial charge in [0.15, 0.2) is 0 Å². The van der Waals surface area contributed by atoms with Gasteiger partial charge in [0.2, 0.25) is 5.91 Å². The fourth-order valence-corrected chi connectivity index (χ4v) is 1.65. The Labute approximate surface area is 108 Å². The second kappa shape index (κ2) is 7.01. The van der Waals surface area contributed by atoms with E-state index in [1.165, 1.54) is 5.56 Å². The average Bonchev–Trinajstić information content (AvgIpc) is 2.36. The molecule has 0 spiro atoms. The van der Waals surface area contributed by atoms with Crippen molar-refractivity contribution in [2.24, 2.45) is 0 Å². The third kappa shape index (κ3) is 4.04. The SMILES string of the molecule is COc1cc(C(C)C)ccc1CNC(=O)CCO. The molecule has 0 atom stereocenters. The van der Waals surface area contributed by atoms with E-state index in [0.717, 1.165) is 11.3 Å². The number of amides is 1. The minimum Gasteiger partial charge on any atom is -0.496 e. The normalized spacial score (nSPS) is 10.5. The fraction of sp³-hybridized carbons (Fsp3) is 0.500. The molecular formula is C14H21NO3. The van der Waals surface area contributed by atoms with Gasteiger partial charge in [0.25, 0.3) is 0 Å². The van der Waals surface area contributed by atoms with E-state index in [9.17, 15) is 4.79 Å². The summed E-state index contributed by atoms with van der Waals surface area (Å²) in [5.41, 5.74) is 2.14. The first-order valence-corrected chi connectivity index (χ1v) is 6.12. The molecule has 1 aromatic carbocycles. The highest BCUT2D eigenvalue weighted by molar-refractivity contribution is 5.76. The van der Waals surface area contributed by atoms with Crippen molar-refractivity contribution in [2.75, 3.05) is 13.7 Å². The van der Waals surface area contributed by atoms with Crippen LogP contribution < -0.4 is 10.1 Å². The molecule has 0 aliphatic carbocycles. The van der Waals surface area contributed by atoms with Crippen LogP contribution >= 0.6 is 0 Å². The number of carbonyl (C=O) groups excluding carboxylic acids is 1. The number of carbonyl (C=O) groups is 1. The number of hydrogen-bond donors (Lipinski definition) is 2. The lowest BCUT2D eigenvalue weighted by Crippen LogP contribution is -2.23. The van der Waals surface area contributed by atoms with E-state index in [-0.39, 0.29) is 18.9 Å². The first-order valence-electron chi connectivity index (χ1n) is 6.12. The lowest BCUT2D eigenvalue weighted by atomic mass is 10.0. The largest absolute Gasteiger partial charge is 0.496 e. The van der Waals surface area contributed by atoms with E-state index >= 15 is 0 Å². The lowest BCUT2D eigenvalue weighted by Gasteiger charge is -2.13. The molecule has 1 rings (SSSR count). The van der Waals surface area contributed by atoms with Gasteiger partial charge < -0.3 is 15.2 Å². The molecule has 0 saturated heterocycles. The summed E-state index contributed by atoms with van der Waals surface area (Å²) in [4.78, 5) is 11.3. The summed E-state index contributed by atoms with van der Waals surface area (Å²) in [5.74, 6) is 1.06. The van der Waals surface area contributed by atoms with E-state index in [1.54, 1.807) is 7.11 Å². The highest BCUT2D eigenvalue weighted by atomic mass is 16.5. The third-order valence-corrected chi connectivity index (χ3v) is 2.79. The Morgan fingerprint density at radius 3 is 2.72 bits per heavy atom. The molecule has 0 fully saturated rings. The maximum absolute atomic E-state index is 11.3. The van der Waals surface area contributed by atoms with E-state index in [2.05, 4.69) is 19.2 Å². The molecule has 0 saturated carbocycles. The van der Waals surface area contributed by atoms with Crippen LogP contribution in [0, 0.1) is 0 Å². The molecule has 18 heavy (non-hydrogen) atoms. The number of benzene rings is 1. The molecule has 0 unspecified atom stereocenters. The van der Waals surface area contributed by atoms with Crippen LogP contribution in [-0.4, -0.2) is 24.7 Å². The Morgan fingerprint density at radius 2 is 2.17 bits per heavy atom. The minimum atomic E-state index is -0.160. The van der Waals surface area contributed by atoms with Gasteiger partial charge in [-0.2, -0.15) is 0 Å². The monoisotopic (exact) mass is 251 g/mol. The summed E-state index contributed by atoms with van der Waals surface area (Å²) >= 11 is 0. The van der Waals surface area contributed by atoms with Crippen LogP contribution in [-0.2, 0) is 11.3 Å². The molecule has 0 aliphatic heterocycles. The Balaban J connectivity index is 2.73. The summed E-state index contributed by atoms with van der Waals surface area (Å²) < 4.78 is 5.33. The van der Waals surface area contributed by atoms with Crippen molar-refractivity contribution in [3.63, 3.8) is 0 Å². The van der Waals surface area contributed by atoms with E-state index in [1.807, 2.05) is 18.2 Å². The number of aliphatic hydroxyl groups excluding tert-OH is 1. The van der Waals surface area contributed by atoms with E-state index < -0.39 is 0 Å². The van der Waals surface area contributed by atoms with Crippen LogP contribution in [0.15, 0.2) is 18.2 Å². The van der Waals surface area contributed by atoms with Gasteiger partial charge in [-0.15, -0.1) is 0 Å². The van der Waals surface area contributed by atoms with Gasteiger partial charge in [0, 0.05) is 18.5 Å². The number of rotatable bonds is 6. The topological polar surface area (TPSA) is 58.6 Å². The highest BCUT2D eigenvalue weighted by Crippen LogP contribution is 2.24. The Hall–Kier alpha value is -1.55. The van der Waals surface area contributed by atoms with Gasteiger partial charge in [-0.05, 0) is 17.5 Å². The Kier molecular flexibility index (Phi) is 5.65. The molecule has 1 amide bonds. The zero-order chi connectivity index (χ0) is 13.5. The third-order valence-electron chi connectivity index (χ3n) is 2.79. The standard InChI is InChI=1S/C14H21NO3/c1-10(2)11-4-5-12(13(8-11)18-3)9-15-14(17)6-7-16/h4-5,8,10,16H,6-7,9H2,1-3H3,(H,15,17). The first kappa shape index (κ1) is 14.5. The van der Waals surface area contributed by atoms with Gasteiger partial charge in [0.05, 0.1) is 13.7 Å². The Morgan fingerprint density at radius 1 is 1.44 bits per heavy atom. The number of ether oxygens (including phenoxy) is 1. The van der Waals surface area contributed by atoms with Gasteiger partial charge in [-0.1, -0.05) is 26.0 Å². The molecule has 1 aromatic rings. The van der Waals surface area contributed by atoms with Crippen molar-refractivity contribution in [1.29, 1.82) is 0 Å². The van der Waals surface area contributed by atoms with Crippen molar-refractivity contribution >= 4 is 5.91 Å². The van der Waals surface area contributed by atoms with Crippen molar-refractivity contribution in [3.05, 3.63) is 29.3 Å². The predicted octanol–water partition coefficient (Wildman–Crippen LogP) is 1.82. The van der Waals surface area contributed by atoms with Gasteiger partial charge in [0.1, 0.15) is 5.75 Å². The molecule has 0 bridgehead atoms. The molecule has 4 heteroatoms.